The van der Waals surface area contributed by atoms with Gasteiger partial charge in [0.2, 0.25) is 6.93 Å². The molecule has 33 heavy (non-hydrogen) atoms. The molecule has 3 nitrogen and oxygen atoms in total. The Morgan fingerprint density at radius 2 is 1.64 bits per heavy atom. The Morgan fingerprint density at radius 3 is 2.18 bits per heavy atom. The van der Waals surface area contributed by atoms with Crippen LogP contribution in [-0.2, 0) is 24.1 Å². The van der Waals surface area contributed by atoms with Gasteiger partial charge in [0.15, 0.2) is 0 Å². The lowest BCUT2D eigenvalue weighted by Gasteiger charge is -2.20. The van der Waals surface area contributed by atoms with E-state index in [0.29, 0.717) is 12.1 Å². The highest BCUT2D eigenvalue weighted by molar-refractivity contribution is 7.84. The number of hydrogen-bond donors (Lipinski definition) is 1. The van der Waals surface area contributed by atoms with Crippen molar-refractivity contribution in [2.45, 2.75) is 66.3 Å². The molecule has 0 bridgehead atoms. The molecule has 184 valence electrons. The lowest BCUT2D eigenvalue weighted by Crippen LogP contribution is -2.32. The summed E-state index contributed by atoms with van der Waals surface area (Å²) in [6, 6.07) is 11.5. The Bertz CT molecular complexity index is 1120. The van der Waals surface area contributed by atoms with Gasteiger partial charge in [-0.3, -0.25) is 0 Å². The smallest absolute Gasteiger partial charge is 0.229 e. The van der Waals surface area contributed by atoms with Gasteiger partial charge in [0.25, 0.3) is 0 Å². The molecule has 0 saturated carbocycles. The van der Waals surface area contributed by atoms with E-state index in [2.05, 4.69) is 36.3 Å². The van der Waals surface area contributed by atoms with Crippen molar-refractivity contribution in [2.75, 3.05) is 6.93 Å². The van der Waals surface area contributed by atoms with Gasteiger partial charge >= 0.3 is 0 Å². The molecule has 1 atom stereocenters. The van der Waals surface area contributed by atoms with Gasteiger partial charge in [-0.1, -0.05) is 45.0 Å². The number of alkyl halides is 2. The molecule has 0 radical (unpaired) electrons. The zero-order chi connectivity index (χ0) is 25.0. The first-order chi connectivity index (χ1) is 15.3. The van der Waals surface area contributed by atoms with E-state index in [4.69, 9.17) is 0 Å². The van der Waals surface area contributed by atoms with Crippen LogP contribution in [0.15, 0.2) is 42.6 Å². The summed E-state index contributed by atoms with van der Waals surface area (Å²) < 4.78 is 51.9. The number of hydrogen-bond acceptors (Lipinski definition) is 1. The molecule has 0 fully saturated rings. The Labute approximate surface area is 199 Å². The molecule has 0 aliphatic rings. The van der Waals surface area contributed by atoms with Crippen molar-refractivity contribution in [1.82, 2.24) is 9.29 Å². The highest BCUT2D eigenvalue weighted by atomic mass is 32.2. The normalized spacial score (nSPS) is 13.0. The molecule has 1 heterocycles. The SMILES string of the molecule is Cc1ccccc1-c1cc2c(cc1F)c(CN[S@@](=O)C(C)(C)C)cn2CC(C)(C)C.FCF.[HH]. The number of rotatable bonds is 5. The molecule has 0 aliphatic heterocycles. The van der Waals surface area contributed by atoms with Crippen LogP contribution >= 0.6 is 0 Å². The van der Waals surface area contributed by atoms with Crippen LogP contribution in [0, 0.1) is 18.2 Å². The number of halogens is 3. The lowest BCUT2D eigenvalue weighted by molar-refractivity contribution is 0.295. The van der Waals surface area contributed by atoms with Gasteiger partial charge in [0, 0.05) is 37.2 Å². The van der Waals surface area contributed by atoms with E-state index < -0.39 is 17.9 Å². The lowest BCUT2D eigenvalue weighted by atomic mass is 9.96. The maximum Gasteiger partial charge on any atom is 0.229 e. The van der Waals surface area contributed by atoms with Crippen molar-refractivity contribution in [3.8, 4) is 11.1 Å². The van der Waals surface area contributed by atoms with Crippen molar-refractivity contribution < 1.29 is 18.8 Å². The van der Waals surface area contributed by atoms with Gasteiger partial charge in [-0.05, 0) is 61.9 Å². The monoisotopic (exact) mass is 482 g/mol. The van der Waals surface area contributed by atoms with Crippen molar-refractivity contribution in [2.24, 2.45) is 5.41 Å². The van der Waals surface area contributed by atoms with Crippen LogP contribution in [-0.4, -0.2) is 20.5 Å². The van der Waals surface area contributed by atoms with Crippen LogP contribution in [0.4, 0.5) is 13.2 Å². The molecular weight excluding hydrogens is 445 g/mol. The predicted molar refractivity (Wildman–Crippen MR) is 135 cm³/mol. The Kier molecular flexibility index (Phi) is 8.94. The van der Waals surface area contributed by atoms with Gasteiger partial charge in [-0.15, -0.1) is 0 Å². The quantitative estimate of drug-likeness (QED) is 0.402. The fourth-order valence-electron chi connectivity index (χ4n) is 3.61. The van der Waals surface area contributed by atoms with E-state index >= 15 is 4.39 Å². The van der Waals surface area contributed by atoms with Crippen LogP contribution in [0.1, 0.15) is 54.1 Å². The summed E-state index contributed by atoms with van der Waals surface area (Å²) in [5, 5.41) is 0.868. The minimum atomic E-state index is -1.75. The number of fused-ring (bicyclic) bond motifs is 1. The molecule has 3 aromatic rings. The number of benzene rings is 2. The second kappa shape index (κ2) is 10.9. The number of nitrogens with zero attached hydrogens (tertiary/aromatic N) is 1. The van der Waals surface area contributed by atoms with E-state index in [1.54, 1.807) is 6.07 Å². The van der Waals surface area contributed by atoms with E-state index in [0.717, 1.165) is 34.1 Å². The molecule has 0 aliphatic carbocycles. The molecule has 0 amide bonds. The summed E-state index contributed by atoms with van der Waals surface area (Å²) in [6.45, 7) is 13.9. The third-order valence-corrected chi connectivity index (χ3v) is 6.60. The second-order valence-corrected chi connectivity index (χ2v) is 12.4. The zero-order valence-electron chi connectivity index (χ0n) is 20.6. The molecule has 7 heteroatoms. The van der Waals surface area contributed by atoms with E-state index in [9.17, 15) is 13.0 Å². The minimum Gasteiger partial charge on any atom is -0.347 e. The van der Waals surface area contributed by atoms with Crippen molar-refractivity contribution >= 4 is 21.9 Å². The summed E-state index contributed by atoms with van der Waals surface area (Å²) >= 11 is 0. The number of aromatic nitrogens is 1. The molecular formula is C26H37F3N2OS. The molecule has 3 rings (SSSR count). The predicted octanol–water partition coefficient (Wildman–Crippen LogP) is 7.48. The third kappa shape index (κ3) is 7.18. The number of aryl methyl sites for hydroxylation is 1. The van der Waals surface area contributed by atoms with Gasteiger partial charge in [0.05, 0.1) is 15.7 Å². The van der Waals surface area contributed by atoms with Crippen LogP contribution in [0.3, 0.4) is 0 Å². The highest BCUT2D eigenvalue weighted by Crippen LogP contribution is 2.33. The van der Waals surface area contributed by atoms with Crippen LogP contribution in [0.2, 0.25) is 0 Å². The van der Waals surface area contributed by atoms with Crippen LogP contribution in [0.5, 0.6) is 0 Å². The van der Waals surface area contributed by atoms with Gasteiger partial charge in [-0.25, -0.2) is 22.1 Å². The fraction of sp³-hybridized carbons (Fsp3) is 0.462. The molecule has 2 aromatic carbocycles. The minimum absolute atomic E-state index is 0. The van der Waals surface area contributed by atoms with Crippen molar-refractivity contribution in [3.05, 3.63) is 59.5 Å². The van der Waals surface area contributed by atoms with Gasteiger partial charge in [0.1, 0.15) is 5.82 Å². The molecule has 1 N–H and O–H groups in total. The summed E-state index contributed by atoms with van der Waals surface area (Å²) in [6.07, 6.45) is 2.07. The Balaban J connectivity index is 0.00000137. The van der Waals surface area contributed by atoms with E-state index in [1.807, 2.05) is 58.0 Å². The average molecular weight is 483 g/mol. The summed E-state index contributed by atoms with van der Waals surface area (Å²) in [5.41, 5.74) is 4.61. The third-order valence-electron chi connectivity index (χ3n) is 5.08. The van der Waals surface area contributed by atoms with E-state index in [-0.39, 0.29) is 17.4 Å². The summed E-state index contributed by atoms with van der Waals surface area (Å²) in [5.74, 6) is -0.233. The molecule has 1 aromatic heterocycles. The molecule has 0 saturated heterocycles. The summed E-state index contributed by atoms with van der Waals surface area (Å²) in [4.78, 5) is 0. The maximum atomic E-state index is 15.2. The standard InChI is InChI=1S/C25H33FN2OS.CH2F2.H2/c1-17-10-8-9-11-19(17)21-13-23-20(12-22(21)26)18(14-27-30(29)25(5,6)7)15-28(23)16-24(2,3)4;2-1-3;/h8-13,15,27H,14,16H2,1-7H3;1H2;1H/t30-;;/m0../s1. The number of nitrogens with one attached hydrogen (secondary N) is 1. The Morgan fingerprint density at radius 1 is 1.03 bits per heavy atom. The average Bonchev–Trinajstić information content (AvgIpc) is 3.00. The van der Waals surface area contributed by atoms with Crippen molar-refractivity contribution in [1.29, 1.82) is 0 Å². The largest absolute Gasteiger partial charge is 0.347 e. The first-order valence-corrected chi connectivity index (χ1v) is 12.1. The topological polar surface area (TPSA) is 34.0 Å². The van der Waals surface area contributed by atoms with Gasteiger partial charge < -0.3 is 4.57 Å². The van der Waals surface area contributed by atoms with Crippen molar-refractivity contribution in [3.63, 3.8) is 0 Å². The maximum absolute atomic E-state index is 15.2. The van der Waals surface area contributed by atoms with Gasteiger partial charge in [-0.2, -0.15) is 0 Å². The first kappa shape index (κ1) is 27.1. The second-order valence-electron chi connectivity index (χ2n) is 10.3. The first-order valence-electron chi connectivity index (χ1n) is 10.9. The highest BCUT2D eigenvalue weighted by Gasteiger charge is 2.22. The summed E-state index contributed by atoms with van der Waals surface area (Å²) in [7, 11) is -1.19. The Hall–Kier alpha value is -2.12. The van der Waals surface area contributed by atoms with Crippen LogP contribution < -0.4 is 4.72 Å². The zero-order valence-corrected chi connectivity index (χ0v) is 21.4. The fourth-order valence-corrected chi connectivity index (χ4v) is 4.33. The molecule has 0 unspecified atom stereocenters. The van der Waals surface area contributed by atoms with Crippen LogP contribution in [0.25, 0.3) is 22.0 Å². The molecule has 0 spiro atoms. The van der Waals surface area contributed by atoms with E-state index in [1.165, 1.54) is 0 Å².